The third kappa shape index (κ3) is 4.13. The smallest absolute Gasteiger partial charge is 0.303 e. The molecule has 0 aliphatic carbocycles. The molecule has 0 radical (unpaired) electrons. The lowest BCUT2D eigenvalue weighted by atomic mass is 10.2. The Labute approximate surface area is 126 Å². The summed E-state index contributed by atoms with van der Waals surface area (Å²) < 4.78 is 0. The number of aromatic nitrogens is 1. The summed E-state index contributed by atoms with van der Waals surface area (Å²) in [6, 6.07) is 9.69. The van der Waals surface area contributed by atoms with E-state index in [4.69, 9.17) is 5.11 Å². The van der Waals surface area contributed by atoms with Crippen LogP contribution < -0.4 is 5.32 Å². The van der Waals surface area contributed by atoms with Gasteiger partial charge in [0.25, 0.3) is 5.91 Å². The van der Waals surface area contributed by atoms with E-state index in [-0.39, 0.29) is 12.3 Å². The zero-order chi connectivity index (χ0) is 15.2. The van der Waals surface area contributed by atoms with E-state index in [0.29, 0.717) is 23.5 Å². The van der Waals surface area contributed by atoms with Crippen LogP contribution in [-0.2, 0) is 4.79 Å². The topological polar surface area (TPSA) is 79.3 Å². The molecular weight excluding hydrogens is 288 g/mol. The van der Waals surface area contributed by atoms with Crippen molar-refractivity contribution >= 4 is 23.2 Å². The lowest BCUT2D eigenvalue weighted by Crippen LogP contribution is -2.24. The summed E-state index contributed by atoms with van der Waals surface area (Å²) in [7, 11) is 0. The molecule has 0 saturated carbocycles. The third-order valence-corrected chi connectivity index (χ3v) is 4.08. The van der Waals surface area contributed by atoms with E-state index >= 15 is 0 Å². The third-order valence-electron chi connectivity index (χ3n) is 2.88. The first-order valence-electron chi connectivity index (χ1n) is 6.61. The second kappa shape index (κ2) is 6.99. The number of carboxylic acid groups (broad SMARTS) is 1. The van der Waals surface area contributed by atoms with Crippen LogP contribution in [0.15, 0.2) is 30.3 Å². The van der Waals surface area contributed by atoms with E-state index in [2.05, 4.69) is 10.3 Å². The molecule has 1 amide bonds. The Balaban J connectivity index is 2.02. The number of thiazole rings is 1. The van der Waals surface area contributed by atoms with E-state index < -0.39 is 5.97 Å². The maximum absolute atomic E-state index is 12.1. The second-order valence-corrected chi connectivity index (χ2v) is 5.55. The molecule has 0 saturated heterocycles. The number of carbonyl (C=O) groups is 2. The van der Waals surface area contributed by atoms with E-state index in [1.165, 1.54) is 11.3 Å². The highest BCUT2D eigenvalue weighted by molar-refractivity contribution is 7.17. The molecule has 21 heavy (non-hydrogen) atoms. The first kappa shape index (κ1) is 15.2. The highest BCUT2D eigenvalue weighted by Crippen LogP contribution is 2.27. The molecule has 0 aliphatic heterocycles. The molecule has 0 unspecified atom stereocenters. The van der Waals surface area contributed by atoms with Gasteiger partial charge in [-0.1, -0.05) is 30.3 Å². The first-order chi connectivity index (χ1) is 10.1. The molecule has 5 nitrogen and oxygen atoms in total. The molecule has 2 N–H and O–H groups in total. The number of aliphatic carboxylic acids is 1. The number of nitrogens with one attached hydrogen (secondary N) is 1. The minimum atomic E-state index is -0.857. The van der Waals surface area contributed by atoms with Gasteiger partial charge in [-0.2, -0.15) is 0 Å². The number of carboxylic acids is 1. The molecular formula is C15H16N2O3S. The minimum absolute atomic E-state index is 0.0528. The van der Waals surface area contributed by atoms with Crippen LogP contribution in [0.1, 0.15) is 28.2 Å². The number of nitrogens with zero attached hydrogens (tertiary/aromatic N) is 1. The maximum Gasteiger partial charge on any atom is 0.303 e. The monoisotopic (exact) mass is 304 g/mol. The van der Waals surface area contributed by atoms with Crippen LogP contribution >= 0.6 is 11.3 Å². The van der Waals surface area contributed by atoms with Gasteiger partial charge in [-0.25, -0.2) is 4.98 Å². The van der Waals surface area contributed by atoms with Gasteiger partial charge in [-0.15, -0.1) is 11.3 Å². The standard InChI is InChI=1S/C15H16N2O3S/c1-10-13(14(20)16-9-5-8-12(18)19)21-15(17-10)11-6-3-2-4-7-11/h2-4,6-7H,5,8-9H2,1H3,(H,16,20)(H,18,19). The Hall–Kier alpha value is -2.21. The molecule has 1 aromatic carbocycles. The van der Waals surface area contributed by atoms with Crippen molar-refractivity contribution in [2.45, 2.75) is 19.8 Å². The predicted octanol–water partition coefficient (Wildman–Crippen LogP) is 2.71. The van der Waals surface area contributed by atoms with E-state index in [1.807, 2.05) is 30.3 Å². The van der Waals surface area contributed by atoms with Crippen LogP contribution in [0.4, 0.5) is 0 Å². The van der Waals surface area contributed by atoms with Gasteiger partial charge in [0.1, 0.15) is 9.88 Å². The van der Waals surface area contributed by atoms with Crippen molar-refractivity contribution in [1.82, 2.24) is 10.3 Å². The predicted molar refractivity (Wildman–Crippen MR) is 81.5 cm³/mol. The number of amides is 1. The lowest BCUT2D eigenvalue weighted by molar-refractivity contribution is -0.137. The minimum Gasteiger partial charge on any atom is -0.481 e. The molecule has 1 heterocycles. The maximum atomic E-state index is 12.1. The van der Waals surface area contributed by atoms with E-state index in [1.54, 1.807) is 6.92 Å². The molecule has 6 heteroatoms. The van der Waals surface area contributed by atoms with Crippen LogP contribution in [0.25, 0.3) is 10.6 Å². The van der Waals surface area contributed by atoms with Crippen LogP contribution in [0.5, 0.6) is 0 Å². The zero-order valence-corrected chi connectivity index (χ0v) is 12.4. The van der Waals surface area contributed by atoms with Crippen molar-refractivity contribution in [3.8, 4) is 10.6 Å². The summed E-state index contributed by atoms with van der Waals surface area (Å²) in [5.74, 6) is -1.05. The number of rotatable bonds is 6. The molecule has 0 bridgehead atoms. The first-order valence-corrected chi connectivity index (χ1v) is 7.42. The Bertz CT molecular complexity index is 638. The van der Waals surface area contributed by atoms with Crippen molar-refractivity contribution in [2.75, 3.05) is 6.54 Å². The van der Waals surface area contributed by atoms with Crippen LogP contribution in [0.3, 0.4) is 0 Å². The molecule has 1 aromatic heterocycles. The summed E-state index contributed by atoms with van der Waals surface area (Å²) >= 11 is 1.35. The summed E-state index contributed by atoms with van der Waals surface area (Å²) in [6.45, 7) is 2.15. The average molecular weight is 304 g/mol. The normalized spacial score (nSPS) is 10.3. The highest BCUT2D eigenvalue weighted by Gasteiger charge is 2.15. The zero-order valence-electron chi connectivity index (χ0n) is 11.6. The number of hydrogen-bond donors (Lipinski definition) is 2. The van der Waals surface area contributed by atoms with Gasteiger partial charge in [-0.05, 0) is 13.3 Å². The van der Waals surface area contributed by atoms with Crippen molar-refractivity contribution in [1.29, 1.82) is 0 Å². The molecule has 0 aliphatic rings. The molecule has 0 spiro atoms. The van der Waals surface area contributed by atoms with Gasteiger partial charge in [-0.3, -0.25) is 9.59 Å². The fraction of sp³-hybridized carbons (Fsp3) is 0.267. The second-order valence-electron chi connectivity index (χ2n) is 4.55. The Morgan fingerprint density at radius 2 is 2.00 bits per heavy atom. The summed E-state index contributed by atoms with van der Waals surface area (Å²) in [4.78, 5) is 27.5. The van der Waals surface area contributed by atoms with Gasteiger partial charge in [0.05, 0.1) is 5.69 Å². The van der Waals surface area contributed by atoms with E-state index in [0.717, 1.165) is 10.6 Å². The average Bonchev–Trinajstić information content (AvgIpc) is 2.86. The number of hydrogen-bond acceptors (Lipinski definition) is 4. The summed E-state index contributed by atoms with van der Waals surface area (Å²) in [5.41, 5.74) is 1.67. The van der Waals surface area contributed by atoms with Gasteiger partial charge in [0, 0.05) is 18.5 Å². The highest BCUT2D eigenvalue weighted by atomic mass is 32.1. The van der Waals surface area contributed by atoms with Crippen LogP contribution in [0, 0.1) is 6.92 Å². The molecule has 2 rings (SSSR count). The van der Waals surface area contributed by atoms with Crippen molar-refractivity contribution in [2.24, 2.45) is 0 Å². The number of carbonyl (C=O) groups excluding carboxylic acids is 1. The Morgan fingerprint density at radius 1 is 1.29 bits per heavy atom. The van der Waals surface area contributed by atoms with Crippen molar-refractivity contribution in [3.63, 3.8) is 0 Å². The van der Waals surface area contributed by atoms with E-state index in [9.17, 15) is 9.59 Å². The molecule has 0 atom stereocenters. The molecule has 110 valence electrons. The summed E-state index contributed by atoms with van der Waals surface area (Å²) in [6.07, 6.45) is 0.474. The van der Waals surface area contributed by atoms with Gasteiger partial charge < -0.3 is 10.4 Å². The fourth-order valence-electron chi connectivity index (χ4n) is 1.83. The Kier molecular flexibility index (Phi) is 5.05. The van der Waals surface area contributed by atoms with Crippen LogP contribution in [-0.4, -0.2) is 28.5 Å². The van der Waals surface area contributed by atoms with Gasteiger partial charge >= 0.3 is 5.97 Å². The largest absolute Gasteiger partial charge is 0.481 e. The fourth-order valence-corrected chi connectivity index (χ4v) is 2.82. The van der Waals surface area contributed by atoms with Crippen molar-refractivity contribution in [3.05, 3.63) is 40.9 Å². The van der Waals surface area contributed by atoms with Gasteiger partial charge in [0.15, 0.2) is 0 Å². The molecule has 2 aromatic rings. The quantitative estimate of drug-likeness (QED) is 0.804. The number of benzene rings is 1. The van der Waals surface area contributed by atoms with Crippen molar-refractivity contribution < 1.29 is 14.7 Å². The Morgan fingerprint density at radius 3 is 2.67 bits per heavy atom. The molecule has 0 fully saturated rings. The number of aryl methyl sites for hydroxylation is 1. The SMILES string of the molecule is Cc1nc(-c2ccccc2)sc1C(=O)NCCCC(=O)O. The summed E-state index contributed by atoms with van der Waals surface area (Å²) in [5, 5.41) is 12.1. The lowest BCUT2D eigenvalue weighted by Gasteiger charge is -2.02. The van der Waals surface area contributed by atoms with Gasteiger partial charge in [0.2, 0.25) is 0 Å². The van der Waals surface area contributed by atoms with Crippen LogP contribution in [0.2, 0.25) is 0 Å².